The van der Waals surface area contributed by atoms with Crippen molar-refractivity contribution in [2.75, 3.05) is 0 Å². The van der Waals surface area contributed by atoms with Crippen molar-refractivity contribution < 1.29 is 14.6 Å². The van der Waals surface area contributed by atoms with Gasteiger partial charge < -0.3 is 9.84 Å². The maximum atomic E-state index is 12.2. The van der Waals surface area contributed by atoms with Gasteiger partial charge in [0.2, 0.25) is 0 Å². The summed E-state index contributed by atoms with van der Waals surface area (Å²) in [6.07, 6.45) is 1.37. The SMILES string of the molecule is CC1(C)[C@@H]2C[C@@H](OC(=O)c3ccc(Br)cc3)[C@@](C)(O)[C@H]1C2. The quantitative estimate of drug-likeness (QED) is 0.823. The van der Waals surface area contributed by atoms with Gasteiger partial charge in [-0.3, -0.25) is 0 Å². The molecule has 4 rings (SSSR count). The van der Waals surface area contributed by atoms with E-state index in [1.54, 1.807) is 12.1 Å². The molecule has 0 aliphatic heterocycles. The molecule has 1 aromatic rings. The molecule has 4 atom stereocenters. The van der Waals surface area contributed by atoms with E-state index in [4.69, 9.17) is 4.74 Å². The normalized spacial score (nSPS) is 36.7. The Morgan fingerprint density at radius 1 is 1.24 bits per heavy atom. The third-order valence-electron chi connectivity index (χ3n) is 5.66. The summed E-state index contributed by atoms with van der Waals surface area (Å²) in [7, 11) is 0. The standard InChI is InChI=1S/C17H21BrO3/c1-16(2)11-8-13(16)17(3,20)14(9-11)21-15(19)10-4-6-12(18)7-5-10/h4-7,11,13-14,20H,8-9H2,1-3H3/t11-,13-,14+,17-/m0/s1. The summed E-state index contributed by atoms with van der Waals surface area (Å²) < 4.78 is 6.55. The molecule has 0 saturated heterocycles. The Labute approximate surface area is 133 Å². The largest absolute Gasteiger partial charge is 0.456 e. The van der Waals surface area contributed by atoms with Crippen molar-refractivity contribution in [1.29, 1.82) is 0 Å². The Balaban J connectivity index is 1.74. The Bertz CT molecular complexity index is 562. The zero-order valence-electron chi connectivity index (χ0n) is 12.6. The molecule has 3 aliphatic carbocycles. The van der Waals surface area contributed by atoms with E-state index in [1.807, 2.05) is 19.1 Å². The van der Waals surface area contributed by atoms with E-state index < -0.39 is 11.7 Å². The Morgan fingerprint density at radius 2 is 1.86 bits per heavy atom. The predicted octanol–water partition coefficient (Wildman–Crippen LogP) is 3.79. The fourth-order valence-corrected chi connectivity index (χ4v) is 4.34. The van der Waals surface area contributed by atoms with Crippen LogP contribution >= 0.6 is 15.9 Å². The first-order valence-corrected chi connectivity index (χ1v) is 8.21. The number of rotatable bonds is 2. The Kier molecular flexibility index (Phi) is 3.45. The van der Waals surface area contributed by atoms with Crippen LogP contribution in [0.2, 0.25) is 0 Å². The second kappa shape index (κ2) is 4.82. The number of ether oxygens (including phenoxy) is 1. The molecule has 3 saturated carbocycles. The average Bonchev–Trinajstić information content (AvgIpc) is 2.40. The number of hydrogen-bond donors (Lipinski definition) is 1. The number of esters is 1. The Morgan fingerprint density at radius 3 is 2.38 bits per heavy atom. The summed E-state index contributed by atoms with van der Waals surface area (Å²) in [5.41, 5.74) is -0.277. The topological polar surface area (TPSA) is 46.5 Å². The number of halogens is 1. The summed E-state index contributed by atoms with van der Waals surface area (Å²) in [5, 5.41) is 10.8. The first kappa shape index (κ1) is 15.0. The van der Waals surface area contributed by atoms with Gasteiger partial charge in [-0.05, 0) is 61.3 Å². The van der Waals surface area contributed by atoms with Crippen LogP contribution in [0.25, 0.3) is 0 Å². The van der Waals surface area contributed by atoms with Crippen molar-refractivity contribution >= 4 is 21.9 Å². The lowest BCUT2D eigenvalue weighted by Gasteiger charge is -2.64. The smallest absolute Gasteiger partial charge is 0.338 e. The molecule has 1 N–H and O–H groups in total. The van der Waals surface area contributed by atoms with Crippen LogP contribution in [0.3, 0.4) is 0 Å². The van der Waals surface area contributed by atoms with Gasteiger partial charge in [-0.1, -0.05) is 29.8 Å². The number of benzene rings is 1. The van der Waals surface area contributed by atoms with Crippen molar-refractivity contribution in [3.8, 4) is 0 Å². The molecule has 114 valence electrons. The van der Waals surface area contributed by atoms with Crippen molar-refractivity contribution in [2.24, 2.45) is 17.3 Å². The van der Waals surface area contributed by atoms with E-state index in [1.165, 1.54) is 0 Å². The first-order chi connectivity index (χ1) is 9.73. The van der Waals surface area contributed by atoms with Crippen LogP contribution in [0.15, 0.2) is 28.7 Å². The molecule has 0 unspecified atom stereocenters. The van der Waals surface area contributed by atoms with Gasteiger partial charge in [0.25, 0.3) is 0 Å². The van der Waals surface area contributed by atoms with Gasteiger partial charge in [-0.25, -0.2) is 4.79 Å². The second-order valence-electron chi connectivity index (χ2n) is 7.17. The maximum Gasteiger partial charge on any atom is 0.338 e. The van der Waals surface area contributed by atoms with Gasteiger partial charge in [-0.2, -0.15) is 0 Å². The molecule has 21 heavy (non-hydrogen) atoms. The highest BCUT2D eigenvalue weighted by Gasteiger charge is 2.64. The van der Waals surface area contributed by atoms with E-state index >= 15 is 0 Å². The van der Waals surface area contributed by atoms with Crippen LogP contribution < -0.4 is 0 Å². The van der Waals surface area contributed by atoms with Crippen LogP contribution in [-0.4, -0.2) is 22.8 Å². The summed E-state index contributed by atoms with van der Waals surface area (Å²) in [5.74, 6) is 0.379. The lowest BCUT2D eigenvalue weighted by atomic mass is 9.43. The van der Waals surface area contributed by atoms with Gasteiger partial charge in [0.05, 0.1) is 5.56 Å². The third-order valence-corrected chi connectivity index (χ3v) is 6.18. The number of aliphatic hydroxyl groups is 1. The highest BCUT2D eigenvalue weighted by Crippen LogP contribution is 2.63. The van der Waals surface area contributed by atoms with Gasteiger partial charge >= 0.3 is 5.97 Å². The molecule has 4 heteroatoms. The van der Waals surface area contributed by atoms with Crippen molar-refractivity contribution in [1.82, 2.24) is 0 Å². The highest BCUT2D eigenvalue weighted by atomic mass is 79.9. The van der Waals surface area contributed by atoms with Gasteiger partial charge in [-0.15, -0.1) is 0 Å². The number of carbonyl (C=O) groups excluding carboxylic acids is 1. The van der Waals surface area contributed by atoms with Crippen LogP contribution in [-0.2, 0) is 4.74 Å². The van der Waals surface area contributed by atoms with Crippen LogP contribution in [0.5, 0.6) is 0 Å². The average molecular weight is 353 g/mol. The number of carbonyl (C=O) groups is 1. The second-order valence-corrected chi connectivity index (χ2v) is 8.08. The minimum Gasteiger partial charge on any atom is -0.456 e. The summed E-state index contributed by atoms with van der Waals surface area (Å²) in [4.78, 5) is 12.2. The first-order valence-electron chi connectivity index (χ1n) is 7.42. The molecule has 0 amide bonds. The van der Waals surface area contributed by atoms with E-state index in [9.17, 15) is 9.90 Å². The number of hydrogen-bond acceptors (Lipinski definition) is 3. The molecule has 1 aromatic carbocycles. The molecular formula is C17H21BrO3. The summed E-state index contributed by atoms with van der Waals surface area (Å²) in [6, 6.07) is 7.09. The molecule has 2 bridgehead atoms. The maximum absolute atomic E-state index is 12.2. The van der Waals surface area contributed by atoms with E-state index in [2.05, 4.69) is 29.8 Å². The van der Waals surface area contributed by atoms with Crippen molar-refractivity contribution in [2.45, 2.75) is 45.3 Å². The predicted molar refractivity (Wildman–Crippen MR) is 84.0 cm³/mol. The molecular weight excluding hydrogens is 332 g/mol. The van der Waals surface area contributed by atoms with E-state index in [0.717, 1.165) is 17.3 Å². The van der Waals surface area contributed by atoms with Crippen LogP contribution in [0, 0.1) is 17.3 Å². The fraction of sp³-hybridized carbons (Fsp3) is 0.588. The number of fused-ring (bicyclic) bond motifs is 2. The zero-order chi connectivity index (χ0) is 15.4. The van der Waals surface area contributed by atoms with Crippen molar-refractivity contribution in [3.63, 3.8) is 0 Å². The molecule has 0 radical (unpaired) electrons. The van der Waals surface area contributed by atoms with Crippen LogP contribution in [0.4, 0.5) is 0 Å². The van der Waals surface area contributed by atoms with Crippen LogP contribution in [0.1, 0.15) is 44.0 Å². The molecule has 3 aliphatic rings. The molecule has 0 aromatic heterocycles. The highest BCUT2D eigenvalue weighted by molar-refractivity contribution is 9.10. The van der Waals surface area contributed by atoms with Gasteiger partial charge in [0.15, 0.2) is 0 Å². The zero-order valence-corrected chi connectivity index (χ0v) is 14.2. The minimum absolute atomic E-state index is 0.143. The van der Waals surface area contributed by atoms with Crippen molar-refractivity contribution in [3.05, 3.63) is 34.3 Å². The van der Waals surface area contributed by atoms with E-state index in [0.29, 0.717) is 11.5 Å². The Hall–Kier alpha value is -0.870. The molecule has 0 heterocycles. The fourth-order valence-electron chi connectivity index (χ4n) is 4.08. The molecule has 3 fully saturated rings. The summed E-state index contributed by atoms with van der Waals surface area (Å²) in [6.45, 7) is 6.22. The third kappa shape index (κ3) is 2.33. The van der Waals surface area contributed by atoms with Gasteiger partial charge in [0, 0.05) is 4.47 Å². The van der Waals surface area contributed by atoms with E-state index in [-0.39, 0.29) is 17.3 Å². The molecule has 0 spiro atoms. The monoisotopic (exact) mass is 352 g/mol. The lowest BCUT2D eigenvalue weighted by Crippen LogP contribution is -2.67. The minimum atomic E-state index is -0.941. The lowest BCUT2D eigenvalue weighted by molar-refractivity contribution is -0.244. The molecule has 3 nitrogen and oxygen atoms in total. The summed E-state index contributed by atoms with van der Waals surface area (Å²) >= 11 is 3.35. The van der Waals surface area contributed by atoms with Gasteiger partial charge in [0.1, 0.15) is 11.7 Å².